The van der Waals surface area contributed by atoms with E-state index in [-0.39, 0.29) is 6.10 Å². The van der Waals surface area contributed by atoms with Crippen LogP contribution in [0.2, 0.25) is 0 Å². The third kappa shape index (κ3) is 6.19. The molecule has 0 saturated carbocycles. The van der Waals surface area contributed by atoms with Crippen molar-refractivity contribution in [3.05, 3.63) is 52.9 Å². The van der Waals surface area contributed by atoms with Gasteiger partial charge in [-0.3, -0.25) is 4.99 Å². The van der Waals surface area contributed by atoms with E-state index in [4.69, 9.17) is 9.26 Å². The SMILES string of the molecule is CN=C(NCCCOC(C)c1ccccc1)NCCc1c(C)noc1C. The Hall–Kier alpha value is -2.34. The Morgan fingerprint density at radius 1 is 1.19 bits per heavy atom. The first-order valence-corrected chi connectivity index (χ1v) is 9.14. The zero-order valence-corrected chi connectivity index (χ0v) is 16.2. The van der Waals surface area contributed by atoms with Gasteiger partial charge >= 0.3 is 0 Å². The normalized spacial score (nSPS) is 12.8. The summed E-state index contributed by atoms with van der Waals surface area (Å²) in [6, 6.07) is 10.3. The highest BCUT2D eigenvalue weighted by Gasteiger charge is 2.08. The molecule has 1 unspecified atom stereocenters. The average Bonchev–Trinajstić information content (AvgIpc) is 2.98. The predicted molar refractivity (Wildman–Crippen MR) is 104 cm³/mol. The van der Waals surface area contributed by atoms with Crippen molar-refractivity contribution in [2.45, 2.75) is 39.7 Å². The van der Waals surface area contributed by atoms with Crippen LogP contribution >= 0.6 is 0 Å². The van der Waals surface area contributed by atoms with E-state index in [1.807, 2.05) is 32.0 Å². The third-order valence-corrected chi connectivity index (χ3v) is 4.32. The van der Waals surface area contributed by atoms with Crippen molar-refractivity contribution in [2.24, 2.45) is 4.99 Å². The van der Waals surface area contributed by atoms with Gasteiger partial charge in [-0.1, -0.05) is 35.5 Å². The summed E-state index contributed by atoms with van der Waals surface area (Å²) in [4.78, 5) is 4.25. The summed E-state index contributed by atoms with van der Waals surface area (Å²) in [5.41, 5.74) is 3.32. The van der Waals surface area contributed by atoms with E-state index in [1.54, 1.807) is 7.05 Å². The number of aliphatic imine (C=N–C) groups is 1. The lowest BCUT2D eigenvalue weighted by molar-refractivity contribution is 0.0646. The van der Waals surface area contributed by atoms with Crippen LogP contribution in [0.25, 0.3) is 0 Å². The van der Waals surface area contributed by atoms with E-state index < -0.39 is 0 Å². The van der Waals surface area contributed by atoms with Crippen LogP contribution < -0.4 is 10.6 Å². The van der Waals surface area contributed by atoms with E-state index in [9.17, 15) is 0 Å². The molecule has 142 valence electrons. The summed E-state index contributed by atoms with van der Waals surface area (Å²) >= 11 is 0. The number of ether oxygens (including phenoxy) is 1. The lowest BCUT2D eigenvalue weighted by Gasteiger charge is -2.15. The fraction of sp³-hybridized carbons (Fsp3) is 0.500. The summed E-state index contributed by atoms with van der Waals surface area (Å²) in [7, 11) is 1.78. The van der Waals surface area contributed by atoms with Crippen LogP contribution in [0.3, 0.4) is 0 Å². The maximum absolute atomic E-state index is 5.88. The van der Waals surface area contributed by atoms with Gasteiger partial charge in [-0.2, -0.15) is 0 Å². The van der Waals surface area contributed by atoms with Gasteiger partial charge in [-0.25, -0.2) is 0 Å². The Labute approximate surface area is 156 Å². The van der Waals surface area contributed by atoms with Crippen LogP contribution in [0.15, 0.2) is 39.8 Å². The second-order valence-corrected chi connectivity index (χ2v) is 6.26. The number of nitrogens with zero attached hydrogens (tertiary/aromatic N) is 2. The minimum Gasteiger partial charge on any atom is -0.374 e. The number of hydrogen-bond acceptors (Lipinski definition) is 4. The predicted octanol–water partition coefficient (Wildman–Crippen LogP) is 3.17. The first kappa shape index (κ1) is 20.0. The van der Waals surface area contributed by atoms with Crippen LogP contribution in [-0.4, -0.2) is 37.9 Å². The molecule has 0 bridgehead atoms. The van der Waals surface area contributed by atoms with Crippen LogP contribution in [0, 0.1) is 13.8 Å². The van der Waals surface area contributed by atoms with Gasteiger partial charge in [0, 0.05) is 32.3 Å². The van der Waals surface area contributed by atoms with E-state index in [0.717, 1.165) is 48.9 Å². The van der Waals surface area contributed by atoms with Crippen molar-refractivity contribution in [3.8, 4) is 0 Å². The van der Waals surface area contributed by atoms with Gasteiger partial charge in [0.25, 0.3) is 0 Å². The van der Waals surface area contributed by atoms with Gasteiger partial charge in [0.05, 0.1) is 11.8 Å². The molecule has 2 N–H and O–H groups in total. The zero-order chi connectivity index (χ0) is 18.8. The Bertz CT molecular complexity index is 663. The van der Waals surface area contributed by atoms with E-state index >= 15 is 0 Å². The highest BCUT2D eigenvalue weighted by Crippen LogP contribution is 2.15. The lowest BCUT2D eigenvalue weighted by atomic mass is 10.1. The molecule has 6 nitrogen and oxygen atoms in total. The molecule has 26 heavy (non-hydrogen) atoms. The number of aryl methyl sites for hydroxylation is 2. The van der Waals surface area contributed by atoms with Gasteiger partial charge in [0.15, 0.2) is 5.96 Å². The van der Waals surface area contributed by atoms with E-state index in [2.05, 4.69) is 39.8 Å². The summed E-state index contributed by atoms with van der Waals surface area (Å²) in [5, 5.41) is 10.6. The second-order valence-electron chi connectivity index (χ2n) is 6.26. The van der Waals surface area contributed by atoms with Crippen molar-refractivity contribution < 1.29 is 9.26 Å². The molecular formula is C20H30N4O2. The number of benzene rings is 1. The molecule has 0 spiro atoms. The number of guanidine groups is 1. The van der Waals surface area contributed by atoms with E-state index in [0.29, 0.717) is 6.61 Å². The molecule has 0 aliphatic rings. The number of aromatic nitrogens is 1. The highest BCUT2D eigenvalue weighted by atomic mass is 16.5. The summed E-state index contributed by atoms with van der Waals surface area (Å²) in [6.45, 7) is 8.29. The molecule has 6 heteroatoms. The standard InChI is InChI=1S/C20H30N4O2/c1-15-19(17(3)26-24-15)11-13-23-20(21-4)22-12-8-14-25-16(2)18-9-6-5-7-10-18/h5-7,9-10,16H,8,11-14H2,1-4H3,(H2,21,22,23). The van der Waals surface area contributed by atoms with Gasteiger partial charge in [-0.15, -0.1) is 0 Å². The Balaban J connectivity index is 1.60. The second kappa shape index (κ2) is 10.6. The smallest absolute Gasteiger partial charge is 0.190 e. The van der Waals surface area contributed by atoms with Crippen LogP contribution in [0.1, 0.15) is 42.0 Å². The first-order chi connectivity index (χ1) is 12.6. The maximum atomic E-state index is 5.88. The monoisotopic (exact) mass is 358 g/mol. The molecule has 0 amide bonds. The molecule has 2 rings (SSSR count). The van der Waals surface area contributed by atoms with Crippen LogP contribution in [0.4, 0.5) is 0 Å². The largest absolute Gasteiger partial charge is 0.374 e. The molecule has 0 radical (unpaired) electrons. The zero-order valence-electron chi connectivity index (χ0n) is 16.2. The fourth-order valence-electron chi connectivity index (χ4n) is 2.74. The van der Waals surface area contributed by atoms with Gasteiger partial charge in [-0.05, 0) is 39.2 Å². The van der Waals surface area contributed by atoms with Gasteiger partial charge in [0.2, 0.25) is 0 Å². The number of nitrogens with one attached hydrogen (secondary N) is 2. The van der Waals surface area contributed by atoms with Crippen molar-refractivity contribution in [1.82, 2.24) is 15.8 Å². The van der Waals surface area contributed by atoms with Crippen molar-refractivity contribution in [1.29, 1.82) is 0 Å². The summed E-state index contributed by atoms with van der Waals surface area (Å²) in [5.74, 6) is 1.68. The van der Waals surface area contributed by atoms with Crippen molar-refractivity contribution in [2.75, 3.05) is 26.7 Å². The first-order valence-electron chi connectivity index (χ1n) is 9.14. The molecule has 1 heterocycles. The molecule has 0 aliphatic heterocycles. The molecule has 1 atom stereocenters. The lowest BCUT2D eigenvalue weighted by Crippen LogP contribution is -2.39. The molecule has 0 aliphatic carbocycles. The van der Waals surface area contributed by atoms with E-state index in [1.165, 1.54) is 5.56 Å². The number of rotatable bonds is 9. The average molecular weight is 358 g/mol. The van der Waals surface area contributed by atoms with Crippen molar-refractivity contribution >= 4 is 5.96 Å². The fourth-order valence-corrected chi connectivity index (χ4v) is 2.74. The van der Waals surface area contributed by atoms with Gasteiger partial charge in [0.1, 0.15) is 5.76 Å². The summed E-state index contributed by atoms with van der Waals surface area (Å²) in [6.07, 6.45) is 1.89. The maximum Gasteiger partial charge on any atom is 0.190 e. The quantitative estimate of drug-likeness (QED) is 0.409. The topological polar surface area (TPSA) is 71.7 Å². The van der Waals surface area contributed by atoms with Crippen LogP contribution in [-0.2, 0) is 11.2 Å². The van der Waals surface area contributed by atoms with Gasteiger partial charge < -0.3 is 19.9 Å². The minimum absolute atomic E-state index is 0.115. The Kier molecular flexibility index (Phi) is 8.15. The molecular weight excluding hydrogens is 328 g/mol. The molecule has 2 aromatic rings. The molecule has 1 aromatic carbocycles. The molecule has 0 fully saturated rings. The summed E-state index contributed by atoms with van der Waals surface area (Å²) < 4.78 is 11.1. The Morgan fingerprint density at radius 2 is 1.92 bits per heavy atom. The third-order valence-electron chi connectivity index (χ3n) is 4.32. The molecule has 0 saturated heterocycles. The minimum atomic E-state index is 0.115. The Morgan fingerprint density at radius 3 is 2.58 bits per heavy atom. The van der Waals surface area contributed by atoms with Crippen molar-refractivity contribution in [3.63, 3.8) is 0 Å². The van der Waals surface area contributed by atoms with Crippen LogP contribution in [0.5, 0.6) is 0 Å². The number of hydrogen-bond donors (Lipinski definition) is 2. The molecule has 1 aromatic heterocycles. The highest BCUT2D eigenvalue weighted by molar-refractivity contribution is 5.79.